The molecule has 1 heterocycles. The van der Waals surface area contributed by atoms with Crippen molar-refractivity contribution in [3.63, 3.8) is 0 Å². The summed E-state index contributed by atoms with van der Waals surface area (Å²) in [5.74, 6) is 0.386. The van der Waals surface area contributed by atoms with Crippen molar-refractivity contribution in [2.75, 3.05) is 25.2 Å². The van der Waals surface area contributed by atoms with E-state index in [4.69, 9.17) is 4.74 Å². The predicted octanol–water partition coefficient (Wildman–Crippen LogP) is 0.880. The van der Waals surface area contributed by atoms with Crippen molar-refractivity contribution >= 4 is 19.7 Å². The van der Waals surface area contributed by atoms with Gasteiger partial charge in [-0.1, -0.05) is 13.8 Å². The molecule has 1 aliphatic rings. The highest BCUT2D eigenvalue weighted by Gasteiger charge is 2.45. The smallest absolute Gasteiger partial charge is 0.183 e. The molecule has 1 aromatic rings. The molecule has 1 fully saturated rings. The normalized spacial score (nSPS) is 24.0. The SMILES string of the molecule is COc1ccc(S(=O)(=O)[C@@H]2CS(=O)(=O)C[C@H]2NCC(C)C)cc1. The van der Waals surface area contributed by atoms with Gasteiger partial charge in [0, 0.05) is 6.04 Å². The van der Waals surface area contributed by atoms with Crippen LogP contribution >= 0.6 is 0 Å². The quantitative estimate of drug-likeness (QED) is 0.809. The van der Waals surface area contributed by atoms with Crippen molar-refractivity contribution in [2.45, 2.75) is 30.0 Å². The molecule has 2 rings (SSSR count). The van der Waals surface area contributed by atoms with Gasteiger partial charge in [0.05, 0.1) is 28.8 Å². The van der Waals surface area contributed by atoms with Gasteiger partial charge in [-0.25, -0.2) is 16.8 Å². The zero-order valence-electron chi connectivity index (χ0n) is 13.5. The maximum absolute atomic E-state index is 12.8. The minimum atomic E-state index is -3.73. The molecule has 130 valence electrons. The highest BCUT2D eigenvalue weighted by atomic mass is 32.2. The molecule has 0 aromatic heterocycles. The Kier molecular flexibility index (Phi) is 5.37. The lowest BCUT2D eigenvalue weighted by Crippen LogP contribution is -2.44. The highest BCUT2D eigenvalue weighted by Crippen LogP contribution is 2.27. The van der Waals surface area contributed by atoms with Gasteiger partial charge >= 0.3 is 0 Å². The molecule has 0 unspecified atom stereocenters. The van der Waals surface area contributed by atoms with E-state index < -0.39 is 31.0 Å². The second-order valence-corrected chi connectivity index (χ2v) is 10.6. The Balaban J connectivity index is 2.30. The van der Waals surface area contributed by atoms with Gasteiger partial charge in [0.1, 0.15) is 5.75 Å². The van der Waals surface area contributed by atoms with Crippen molar-refractivity contribution in [3.05, 3.63) is 24.3 Å². The van der Waals surface area contributed by atoms with Crippen molar-refractivity contribution in [1.29, 1.82) is 0 Å². The average molecular weight is 361 g/mol. The third kappa shape index (κ3) is 4.24. The fourth-order valence-corrected chi connectivity index (χ4v) is 7.36. The minimum absolute atomic E-state index is 0.122. The number of hydrogen-bond donors (Lipinski definition) is 1. The maximum Gasteiger partial charge on any atom is 0.183 e. The summed E-state index contributed by atoms with van der Waals surface area (Å²) in [5.41, 5.74) is 0. The van der Waals surface area contributed by atoms with Crippen LogP contribution in [0.1, 0.15) is 13.8 Å². The van der Waals surface area contributed by atoms with Crippen LogP contribution in [-0.2, 0) is 19.7 Å². The molecule has 1 N–H and O–H groups in total. The van der Waals surface area contributed by atoms with Gasteiger partial charge in [0.15, 0.2) is 19.7 Å². The fourth-order valence-electron chi connectivity index (χ4n) is 2.64. The molecule has 23 heavy (non-hydrogen) atoms. The second kappa shape index (κ2) is 6.78. The highest BCUT2D eigenvalue weighted by molar-refractivity contribution is 7.96. The van der Waals surface area contributed by atoms with Gasteiger partial charge in [-0.05, 0) is 36.7 Å². The first kappa shape index (κ1) is 18.2. The molecule has 0 radical (unpaired) electrons. The number of sulfone groups is 2. The summed E-state index contributed by atoms with van der Waals surface area (Å²) in [6, 6.07) is 5.46. The molecule has 8 heteroatoms. The van der Waals surface area contributed by atoms with Crippen molar-refractivity contribution < 1.29 is 21.6 Å². The lowest BCUT2D eigenvalue weighted by Gasteiger charge is -2.21. The summed E-state index contributed by atoms with van der Waals surface area (Å²) in [6.07, 6.45) is 0. The van der Waals surface area contributed by atoms with E-state index >= 15 is 0 Å². The zero-order chi connectivity index (χ0) is 17.3. The molecular formula is C15H23NO5S2. The van der Waals surface area contributed by atoms with E-state index in [1.807, 2.05) is 13.8 Å². The maximum atomic E-state index is 12.8. The molecule has 0 bridgehead atoms. The number of rotatable bonds is 6. The number of ether oxygens (including phenoxy) is 1. The van der Waals surface area contributed by atoms with E-state index in [2.05, 4.69) is 5.32 Å². The fraction of sp³-hybridized carbons (Fsp3) is 0.600. The number of nitrogens with one attached hydrogen (secondary N) is 1. The molecule has 6 nitrogen and oxygen atoms in total. The molecular weight excluding hydrogens is 338 g/mol. The van der Waals surface area contributed by atoms with Gasteiger partial charge in [-0.3, -0.25) is 0 Å². The van der Waals surface area contributed by atoms with Gasteiger partial charge in [-0.15, -0.1) is 0 Å². The number of hydrogen-bond acceptors (Lipinski definition) is 6. The lowest BCUT2D eigenvalue weighted by molar-refractivity contribution is 0.414. The Labute approximate surface area is 138 Å². The largest absolute Gasteiger partial charge is 0.497 e. The third-order valence-electron chi connectivity index (χ3n) is 3.88. The Morgan fingerprint density at radius 3 is 2.35 bits per heavy atom. The van der Waals surface area contributed by atoms with Crippen molar-refractivity contribution in [2.24, 2.45) is 5.92 Å². The average Bonchev–Trinajstić information content (AvgIpc) is 2.81. The van der Waals surface area contributed by atoms with Crippen LogP contribution in [0, 0.1) is 5.92 Å². The summed E-state index contributed by atoms with van der Waals surface area (Å²) >= 11 is 0. The van der Waals surface area contributed by atoms with E-state index in [1.165, 1.54) is 19.2 Å². The summed E-state index contributed by atoms with van der Waals surface area (Å²) in [7, 11) is -5.59. The van der Waals surface area contributed by atoms with Crippen LogP contribution in [-0.4, -0.2) is 53.3 Å². The van der Waals surface area contributed by atoms with Crippen molar-refractivity contribution in [3.8, 4) is 5.75 Å². The Morgan fingerprint density at radius 1 is 1.22 bits per heavy atom. The standard InChI is InChI=1S/C15H23NO5S2/c1-11(2)8-16-14-9-22(17,18)10-15(14)23(19,20)13-6-4-12(21-3)5-7-13/h4-7,11,14-16H,8-10H2,1-3H3/t14-,15-/m1/s1. The van der Waals surface area contributed by atoms with E-state index in [-0.39, 0.29) is 16.4 Å². The molecule has 1 aromatic carbocycles. The van der Waals surface area contributed by atoms with Crippen LogP contribution in [0.5, 0.6) is 5.75 Å². The summed E-state index contributed by atoms with van der Waals surface area (Å²) in [5, 5.41) is 2.14. The van der Waals surface area contributed by atoms with Crippen LogP contribution in [0.3, 0.4) is 0 Å². The second-order valence-electron chi connectivity index (χ2n) is 6.24. The molecule has 0 saturated carbocycles. The Morgan fingerprint density at radius 2 is 1.83 bits per heavy atom. The van der Waals surface area contributed by atoms with E-state index in [9.17, 15) is 16.8 Å². The minimum Gasteiger partial charge on any atom is -0.497 e. The van der Waals surface area contributed by atoms with Gasteiger partial charge in [0.25, 0.3) is 0 Å². The van der Waals surface area contributed by atoms with Crippen LogP contribution in [0.25, 0.3) is 0 Å². The molecule has 0 amide bonds. The van der Waals surface area contributed by atoms with Crippen LogP contribution in [0.4, 0.5) is 0 Å². The first-order chi connectivity index (χ1) is 10.7. The Hall–Kier alpha value is -1.12. The first-order valence-corrected chi connectivity index (χ1v) is 10.8. The molecule has 1 aliphatic heterocycles. The van der Waals surface area contributed by atoms with E-state index in [1.54, 1.807) is 12.1 Å². The van der Waals surface area contributed by atoms with Gasteiger partial charge in [0.2, 0.25) is 0 Å². The third-order valence-corrected chi connectivity index (χ3v) is 8.04. The zero-order valence-corrected chi connectivity index (χ0v) is 15.2. The summed E-state index contributed by atoms with van der Waals surface area (Å²) in [4.78, 5) is 0.122. The summed E-state index contributed by atoms with van der Waals surface area (Å²) in [6.45, 7) is 4.56. The lowest BCUT2D eigenvalue weighted by atomic mass is 10.2. The Bertz CT molecular complexity index is 739. The molecule has 0 aliphatic carbocycles. The molecule has 0 spiro atoms. The van der Waals surface area contributed by atoms with Gasteiger partial charge < -0.3 is 10.1 Å². The van der Waals surface area contributed by atoms with Crippen LogP contribution in [0.2, 0.25) is 0 Å². The van der Waals surface area contributed by atoms with Gasteiger partial charge in [-0.2, -0.15) is 0 Å². The monoisotopic (exact) mass is 361 g/mol. The predicted molar refractivity (Wildman–Crippen MR) is 89.3 cm³/mol. The van der Waals surface area contributed by atoms with Crippen LogP contribution in [0.15, 0.2) is 29.2 Å². The molecule has 2 atom stereocenters. The topological polar surface area (TPSA) is 89.5 Å². The first-order valence-electron chi connectivity index (χ1n) is 7.47. The number of benzene rings is 1. The van der Waals surface area contributed by atoms with E-state index in [0.29, 0.717) is 18.2 Å². The van der Waals surface area contributed by atoms with E-state index in [0.717, 1.165) is 0 Å². The van der Waals surface area contributed by atoms with Crippen molar-refractivity contribution in [1.82, 2.24) is 5.32 Å². The number of methoxy groups -OCH3 is 1. The summed E-state index contributed by atoms with van der Waals surface area (Å²) < 4.78 is 54.6. The molecule has 1 saturated heterocycles. The van der Waals surface area contributed by atoms with Crippen LogP contribution < -0.4 is 10.1 Å².